The number of hydrogen-bond acceptors (Lipinski definition) is 3. The van der Waals surface area contributed by atoms with E-state index in [1.54, 1.807) is 18.0 Å². The lowest BCUT2D eigenvalue weighted by Gasteiger charge is -2.24. The highest BCUT2D eigenvalue weighted by Gasteiger charge is 2.23. The molecule has 0 bridgehead atoms. The smallest absolute Gasteiger partial charge is 0.123 e. The lowest BCUT2D eigenvalue weighted by molar-refractivity contribution is 0.627. The summed E-state index contributed by atoms with van der Waals surface area (Å²) in [5.74, 6) is -0.206. The molecule has 1 aromatic heterocycles. The summed E-state index contributed by atoms with van der Waals surface area (Å²) in [6, 6.07) is 10.6. The Kier molecular flexibility index (Phi) is 3.02. The molecule has 90 valence electrons. The Hall–Kier alpha value is -1.81. The molecule has 2 heterocycles. The highest BCUT2D eigenvalue weighted by molar-refractivity contribution is 8.02. The molecule has 0 radical (unpaired) electrons. The molecular formula is C14H11FN2S. The Morgan fingerprint density at radius 1 is 1.17 bits per heavy atom. The fourth-order valence-corrected chi connectivity index (χ4v) is 2.90. The molecule has 0 saturated carbocycles. The molecule has 0 amide bonds. The van der Waals surface area contributed by atoms with Gasteiger partial charge in [-0.1, -0.05) is 12.1 Å². The van der Waals surface area contributed by atoms with Gasteiger partial charge in [-0.05, 0) is 35.2 Å². The second kappa shape index (κ2) is 4.82. The largest absolute Gasteiger partial charge is 0.329 e. The fraction of sp³-hybridized carbons (Fsp3) is 0.0714. The third kappa shape index (κ3) is 2.11. The van der Waals surface area contributed by atoms with Crippen LogP contribution in [0.4, 0.5) is 10.1 Å². The van der Waals surface area contributed by atoms with Gasteiger partial charge in [-0.2, -0.15) is 0 Å². The SMILES string of the molecule is Fc1ccc(C2SC=CN2c2cccnc2)cc1. The van der Waals surface area contributed by atoms with Gasteiger partial charge >= 0.3 is 0 Å². The Morgan fingerprint density at radius 2 is 2.00 bits per heavy atom. The topological polar surface area (TPSA) is 16.1 Å². The molecule has 1 aliphatic heterocycles. The molecule has 1 aromatic carbocycles. The Balaban J connectivity index is 1.91. The van der Waals surface area contributed by atoms with E-state index in [0.717, 1.165) is 11.3 Å². The van der Waals surface area contributed by atoms with Gasteiger partial charge in [0, 0.05) is 12.4 Å². The molecule has 4 heteroatoms. The van der Waals surface area contributed by atoms with E-state index >= 15 is 0 Å². The number of benzene rings is 1. The molecule has 2 nitrogen and oxygen atoms in total. The number of pyridine rings is 1. The quantitative estimate of drug-likeness (QED) is 0.811. The van der Waals surface area contributed by atoms with Crippen LogP contribution >= 0.6 is 11.8 Å². The first-order valence-electron chi connectivity index (χ1n) is 5.60. The van der Waals surface area contributed by atoms with Crippen LogP contribution in [-0.2, 0) is 0 Å². The van der Waals surface area contributed by atoms with E-state index in [-0.39, 0.29) is 11.2 Å². The van der Waals surface area contributed by atoms with Crippen LogP contribution < -0.4 is 4.90 Å². The van der Waals surface area contributed by atoms with Crippen LogP contribution in [-0.4, -0.2) is 4.98 Å². The lowest BCUT2D eigenvalue weighted by atomic mass is 10.2. The number of rotatable bonds is 2. The van der Waals surface area contributed by atoms with Crippen LogP contribution in [0.15, 0.2) is 60.4 Å². The predicted octanol–water partition coefficient (Wildman–Crippen LogP) is 3.94. The zero-order valence-electron chi connectivity index (χ0n) is 9.53. The van der Waals surface area contributed by atoms with Crippen LogP contribution in [0.5, 0.6) is 0 Å². The number of nitrogens with zero attached hydrogens (tertiary/aromatic N) is 2. The Morgan fingerprint density at radius 3 is 2.72 bits per heavy atom. The van der Waals surface area contributed by atoms with Crippen molar-refractivity contribution in [1.82, 2.24) is 4.98 Å². The summed E-state index contributed by atoms with van der Waals surface area (Å²) in [6.45, 7) is 0. The number of halogens is 1. The standard InChI is InChI=1S/C14H11FN2S/c15-12-5-3-11(4-6-12)14-17(8-9-18-14)13-2-1-7-16-10-13/h1-10,14H. The summed E-state index contributed by atoms with van der Waals surface area (Å²) < 4.78 is 12.9. The van der Waals surface area contributed by atoms with Crippen LogP contribution in [0.2, 0.25) is 0 Å². The summed E-state index contributed by atoms with van der Waals surface area (Å²) in [6.07, 6.45) is 5.60. The summed E-state index contributed by atoms with van der Waals surface area (Å²) in [5.41, 5.74) is 2.11. The van der Waals surface area contributed by atoms with Gasteiger partial charge in [0.2, 0.25) is 0 Å². The van der Waals surface area contributed by atoms with Crippen molar-refractivity contribution in [3.8, 4) is 0 Å². The van der Waals surface area contributed by atoms with Gasteiger partial charge in [0.25, 0.3) is 0 Å². The van der Waals surface area contributed by atoms with Gasteiger partial charge in [0.1, 0.15) is 11.2 Å². The van der Waals surface area contributed by atoms with E-state index in [4.69, 9.17) is 0 Å². The molecule has 2 aromatic rings. The normalized spacial score (nSPS) is 18.3. The van der Waals surface area contributed by atoms with Gasteiger partial charge < -0.3 is 4.90 Å². The van der Waals surface area contributed by atoms with E-state index in [9.17, 15) is 4.39 Å². The van der Waals surface area contributed by atoms with Crippen molar-refractivity contribution < 1.29 is 4.39 Å². The second-order valence-electron chi connectivity index (χ2n) is 3.94. The van der Waals surface area contributed by atoms with E-state index < -0.39 is 0 Å². The number of anilines is 1. The number of thioether (sulfide) groups is 1. The maximum absolute atomic E-state index is 12.9. The molecule has 1 atom stereocenters. The van der Waals surface area contributed by atoms with Crippen LogP contribution in [0.3, 0.4) is 0 Å². The molecule has 0 aliphatic carbocycles. The molecule has 1 unspecified atom stereocenters. The van der Waals surface area contributed by atoms with Gasteiger partial charge in [0.05, 0.1) is 11.9 Å². The van der Waals surface area contributed by atoms with E-state index in [2.05, 4.69) is 9.88 Å². The minimum absolute atomic E-state index is 0.148. The second-order valence-corrected chi connectivity index (χ2v) is 4.93. The molecule has 0 saturated heterocycles. The Bertz CT molecular complexity index is 554. The monoisotopic (exact) mass is 258 g/mol. The zero-order valence-corrected chi connectivity index (χ0v) is 10.3. The van der Waals surface area contributed by atoms with E-state index in [1.807, 2.05) is 42.1 Å². The van der Waals surface area contributed by atoms with Crippen LogP contribution in [0.25, 0.3) is 0 Å². The first-order valence-corrected chi connectivity index (χ1v) is 6.55. The van der Waals surface area contributed by atoms with Crippen LogP contribution in [0.1, 0.15) is 10.9 Å². The molecule has 3 rings (SSSR count). The fourth-order valence-electron chi connectivity index (χ4n) is 1.91. The molecule has 0 spiro atoms. The third-order valence-corrected chi connectivity index (χ3v) is 3.82. The summed E-state index contributed by atoms with van der Waals surface area (Å²) in [4.78, 5) is 6.26. The highest BCUT2D eigenvalue weighted by Crippen LogP contribution is 2.41. The van der Waals surface area contributed by atoms with Crippen molar-refractivity contribution in [3.05, 3.63) is 71.8 Å². The summed E-state index contributed by atoms with van der Waals surface area (Å²) in [7, 11) is 0. The first-order chi connectivity index (χ1) is 8.84. The van der Waals surface area contributed by atoms with Crippen molar-refractivity contribution in [3.63, 3.8) is 0 Å². The van der Waals surface area contributed by atoms with E-state index in [0.29, 0.717) is 0 Å². The zero-order chi connectivity index (χ0) is 12.4. The maximum Gasteiger partial charge on any atom is 0.123 e. The molecule has 18 heavy (non-hydrogen) atoms. The number of hydrogen-bond donors (Lipinski definition) is 0. The van der Waals surface area contributed by atoms with Crippen molar-refractivity contribution in [2.24, 2.45) is 0 Å². The third-order valence-electron chi connectivity index (χ3n) is 2.78. The minimum atomic E-state index is -0.206. The molecule has 0 fully saturated rings. The summed E-state index contributed by atoms with van der Waals surface area (Å²) >= 11 is 1.70. The van der Waals surface area contributed by atoms with Crippen molar-refractivity contribution in [2.45, 2.75) is 5.37 Å². The minimum Gasteiger partial charge on any atom is -0.329 e. The average molecular weight is 258 g/mol. The number of aromatic nitrogens is 1. The van der Waals surface area contributed by atoms with Crippen LogP contribution in [0, 0.1) is 5.82 Å². The van der Waals surface area contributed by atoms with Crippen molar-refractivity contribution in [2.75, 3.05) is 4.90 Å². The average Bonchev–Trinajstić information content (AvgIpc) is 2.90. The Labute approximate surface area is 109 Å². The molecular weight excluding hydrogens is 247 g/mol. The van der Waals surface area contributed by atoms with Gasteiger partial charge in [0.15, 0.2) is 0 Å². The summed E-state index contributed by atoms with van der Waals surface area (Å²) in [5, 5.41) is 2.19. The maximum atomic E-state index is 12.9. The van der Waals surface area contributed by atoms with Gasteiger partial charge in [-0.25, -0.2) is 4.39 Å². The molecule has 0 N–H and O–H groups in total. The van der Waals surface area contributed by atoms with E-state index in [1.165, 1.54) is 12.1 Å². The lowest BCUT2D eigenvalue weighted by Crippen LogP contribution is -2.16. The van der Waals surface area contributed by atoms with Gasteiger partial charge in [-0.3, -0.25) is 4.98 Å². The predicted molar refractivity (Wildman–Crippen MR) is 72.6 cm³/mol. The molecule has 1 aliphatic rings. The highest BCUT2D eigenvalue weighted by atomic mass is 32.2. The van der Waals surface area contributed by atoms with Gasteiger partial charge in [-0.15, -0.1) is 11.8 Å². The van der Waals surface area contributed by atoms with Crippen molar-refractivity contribution in [1.29, 1.82) is 0 Å². The first kappa shape index (κ1) is 11.3. The van der Waals surface area contributed by atoms with Crippen molar-refractivity contribution >= 4 is 17.4 Å².